The van der Waals surface area contributed by atoms with E-state index in [1.807, 2.05) is 0 Å². The average molecular weight is 428 g/mol. The molecule has 0 atom stereocenters. The Morgan fingerprint density at radius 3 is 2.04 bits per heavy atom. The second kappa shape index (κ2) is 8.13. The van der Waals surface area contributed by atoms with Gasteiger partial charge in [-0.1, -0.05) is 28.1 Å². The van der Waals surface area contributed by atoms with Crippen molar-refractivity contribution in [2.45, 2.75) is 13.1 Å². The predicted octanol–water partition coefficient (Wildman–Crippen LogP) is 4.10. The van der Waals surface area contributed by atoms with E-state index in [0.717, 1.165) is 4.47 Å². The lowest BCUT2D eigenvalue weighted by Crippen LogP contribution is -2.29. The molecule has 0 aliphatic carbocycles. The lowest BCUT2D eigenvalue weighted by atomic mass is 10.1. The van der Waals surface area contributed by atoms with E-state index in [0.29, 0.717) is 16.8 Å². The normalized spacial score (nSPS) is 11.8. The van der Waals surface area contributed by atoms with E-state index >= 15 is 0 Å². The van der Waals surface area contributed by atoms with Crippen LogP contribution in [0.5, 0.6) is 0 Å². The van der Waals surface area contributed by atoms with Gasteiger partial charge in [-0.05, 0) is 48.9 Å². The van der Waals surface area contributed by atoms with Crippen molar-refractivity contribution in [3.8, 4) is 0 Å². The highest BCUT2D eigenvalue weighted by Gasteiger charge is 2.38. The van der Waals surface area contributed by atoms with Gasteiger partial charge in [-0.15, -0.1) is 0 Å². The molecule has 2 N–H and O–H groups in total. The maximum Gasteiger partial charge on any atom is 0.471 e. The Morgan fingerprint density at radius 1 is 0.962 bits per heavy atom. The molecule has 0 aliphatic rings. The zero-order valence-electron chi connectivity index (χ0n) is 13.4. The maximum atomic E-state index is 12.2. The first-order valence-electron chi connectivity index (χ1n) is 7.25. The molecule has 2 aromatic rings. The molecule has 0 radical (unpaired) electrons. The van der Waals surface area contributed by atoms with Gasteiger partial charge in [0.15, 0.2) is 0 Å². The molecule has 0 aliphatic heterocycles. The minimum atomic E-state index is -4.95. The van der Waals surface area contributed by atoms with E-state index in [-0.39, 0.29) is 5.69 Å². The number of nitrogens with zero attached hydrogens (tertiary/aromatic N) is 1. The summed E-state index contributed by atoms with van der Waals surface area (Å²) in [7, 11) is 0. The van der Waals surface area contributed by atoms with Gasteiger partial charge in [-0.25, -0.2) is 5.43 Å². The highest BCUT2D eigenvalue weighted by molar-refractivity contribution is 9.10. The standard InChI is InChI=1S/C17H13BrF3N3O2/c1-10(23-24-15(25)12-2-6-13(18)7-3-12)11-4-8-14(9-5-11)22-16(26)17(19,20)21/h2-9H,1H3,(H,22,26)(H,24,25)/b23-10-. The fourth-order valence-corrected chi connectivity index (χ4v) is 2.13. The number of rotatable bonds is 4. The number of benzene rings is 2. The Kier molecular flexibility index (Phi) is 6.14. The van der Waals surface area contributed by atoms with Crippen LogP contribution < -0.4 is 10.7 Å². The highest BCUT2D eigenvalue weighted by Crippen LogP contribution is 2.18. The summed E-state index contributed by atoms with van der Waals surface area (Å²) < 4.78 is 37.5. The summed E-state index contributed by atoms with van der Waals surface area (Å²) in [5.74, 6) is -2.44. The number of nitrogens with one attached hydrogen (secondary N) is 2. The fraction of sp³-hybridized carbons (Fsp3) is 0.118. The largest absolute Gasteiger partial charge is 0.471 e. The van der Waals surface area contributed by atoms with Gasteiger partial charge in [0.05, 0.1) is 5.71 Å². The topological polar surface area (TPSA) is 70.6 Å². The molecule has 0 spiro atoms. The minimum absolute atomic E-state index is 0.00257. The Balaban J connectivity index is 2.01. The van der Waals surface area contributed by atoms with Gasteiger partial charge in [0.2, 0.25) is 0 Å². The van der Waals surface area contributed by atoms with Gasteiger partial charge >= 0.3 is 12.1 Å². The van der Waals surface area contributed by atoms with Crippen LogP contribution in [0.25, 0.3) is 0 Å². The molecule has 0 saturated carbocycles. The van der Waals surface area contributed by atoms with E-state index < -0.39 is 18.0 Å². The van der Waals surface area contributed by atoms with Gasteiger partial charge in [0, 0.05) is 15.7 Å². The van der Waals surface area contributed by atoms with Crippen molar-refractivity contribution in [2.24, 2.45) is 5.10 Å². The molecule has 2 amide bonds. The summed E-state index contributed by atoms with van der Waals surface area (Å²) >= 11 is 3.27. The summed E-state index contributed by atoms with van der Waals surface area (Å²) in [4.78, 5) is 22.8. The van der Waals surface area contributed by atoms with E-state index in [9.17, 15) is 22.8 Å². The molecule has 2 rings (SSSR count). The number of amides is 2. The molecular formula is C17H13BrF3N3O2. The van der Waals surface area contributed by atoms with Crippen molar-refractivity contribution >= 4 is 39.1 Å². The van der Waals surface area contributed by atoms with Crippen molar-refractivity contribution in [1.82, 2.24) is 5.43 Å². The van der Waals surface area contributed by atoms with Gasteiger partial charge in [0.1, 0.15) is 0 Å². The summed E-state index contributed by atoms with van der Waals surface area (Å²) in [6.45, 7) is 1.63. The lowest BCUT2D eigenvalue weighted by molar-refractivity contribution is -0.167. The minimum Gasteiger partial charge on any atom is -0.318 e. The van der Waals surface area contributed by atoms with Crippen LogP contribution in [-0.2, 0) is 4.79 Å². The second-order valence-corrected chi connectivity index (χ2v) is 6.09. The molecule has 5 nitrogen and oxygen atoms in total. The Labute approximate surface area is 155 Å². The Morgan fingerprint density at radius 2 is 1.50 bits per heavy atom. The van der Waals surface area contributed by atoms with Crippen molar-refractivity contribution in [2.75, 3.05) is 5.32 Å². The monoisotopic (exact) mass is 427 g/mol. The van der Waals surface area contributed by atoms with E-state index in [1.54, 1.807) is 36.5 Å². The number of hydrogen-bond acceptors (Lipinski definition) is 3. The second-order valence-electron chi connectivity index (χ2n) is 5.17. The third-order valence-corrected chi connectivity index (χ3v) is 3.78. The number of carbonyl (C=O) groups excluding carboxylic acids is 2. The number of anilines is 1. The third-order valence-electron chi connectivity index (χ3n) is 3.25. The van der Waals surface area contributed by atoms with Gasteiger partial charge in [-0.3, -0.25) is 9.59 Å². The summed E-state index contributed by atoms with van der Waals surface area (Å²) in [5.41, 5.74) is 3.85. The number of halogens is 4. The first-order chi connectivity index (χ1) is 12.2. The van der Waals surface area contributed by atoms with E-state index in [2.05, 4.69) is 26.5 Å². The van der Waals surface area contributed by atoms with Crippen molar-refractivity contribution < 1.29 is 22.8 Å². The molecular weight excluding hydrogens is 415 g/mol. The first kappa shape index (κ1) is 19.6. The van der Waals surface area contributed by atoms with Gasteiger partial charge in [0.25, 0.3) is 5.91 Å². The highest BCUT2D eigenvalue weighted by atomic mass is 79.9. The van der Waals surface area contributed by atoms with Crippen LogP contribution in [0.3, 0.4) is 0 Å². The summed E-state index contributed by atoms with van der Waals surface area (Å²) in [6, 6.07) is 12.3. The molecule has 26 heavy (non-hydrogen) atoms. The molecule has 0 heterocycles. The number of hydrazone groups is 1. The number of carbonyl (C=O) groups is 2. The zero-order valence-corrected chi connectivity index (χ0v) is 15.0. The van der Waals surface area contributed by atoms with Crippen LogP contribution in [0.1, 0.15) is 22.8 Å². The maximum absolute atomic E-state index is 12.2. The number of alkyl halides is 3. The van der Waals surface area contributed by atoms with Crippen LogP contribution in [0, 0.1) is 0 Å². The van der Waals surface area contributed by atoms with Crippen molar-refractivity contribution in [3.05, 3.63) is 64.1 Å². The van der Waals surface area contributed by atoms with Crippen LogP contribution in [0.15, 0.2) is 58.1 Å². The van der Waals surface area contributed by atoms with Crippen LogP contribution in [-0.4, -0.2) is 23.7 Å². The summed E-state index contributed by atoms with van der Waals surface area (Å²) in [5, 5.41) is 5.71. The molecule has 0 bridgehead atoms. The average Bonchev–Trinajstić information content (AvgIpc) is 2.59. The fourth-order valence-electron chi connectivity index (χ4n) is 1.86. The van der Waals surface area contributed by atoms with E-state index in [4.69, 9.17) is 0 Å². The molecule has 0 saturated heterocycles. The van der Waals surface area contributed by atoms with Crippen LogP contribution in [0.4, 0.5) is 18.9 Å². The third kappa shape index (κ3) is 5.41. The molecule has 136 valence electrons. The lowest BCUT2D eigenvalue weighted by Gasteiger charge is -2.08. The predicted molar refractivity (Wildman–Crippen MR) is 94.9 cm³/mol. The molecule has 0 unspecified atom stereocenters. The van der Waals surface area contributed by atoms with Gasteiger partial charge in [-0.2, -0.15) is 18.3 Å². The molecule has 2 aromatic carbocycles. The quantitative estimate of drug-likeness (QED) is 0.569. The van der Waals surface area contributed by atoms with Crippen LogP contribution in [0.2, 0.25) is 0 Å². The Hall–Kier alpha value is -2.68. The Bertz CT molecular complexity index is 832. The number of hydrogen-bond donors (Lipinski definition) is 2. The van der Waals surface area contributed by atoms with Crippen LogP contribution >= 0.6 is 15.9 Å². The SMILES string of the molecule is C/C(=N/NC(=O)c1ccc(Br)cc1)c1ccc(NC(=O)C(F)(F)F)cc1. The smallest absolute Gasteiger partial charge is 0.318 e. The van der Waals surface area contributed by atoms with Gasteiger partial charge < -0.3 is 5.32 Å². The van der Waals surface area contributed by atoms with Crippen molar-refractivity contribution in [1.29, 1.82) is 0 Å². The first-order valence-corrected chi connectivity index (χ1v) is 8.05. The molecule has 9 heteroatoms. The molecule has 0 fully saturated rings. The molecule has 0 aromatic heterocycles. The summed E-state index contributed by atoms with van der Waals surface area (Å²) in [6.07, 6.45) is -4.95. The zero-order chi connectivity index (χ0) is 19.3. The van der Waals surface area contributed by atoms with Crippen molar-refractivity contribution in [3.63, 3.8) is 0 Å². The van der Waals surface area contributed by atoms with E-state index in [1.165, 1.54) is 24.3 Å².